The first kappa shape index (κ1) is 16.5. The van der Waals surface area contributed by atoms with E-state index < -0.39 is 0 Å². The fourth-order valence-corrected chi connectivity index (χ4v) is 3.20. The van der Waals surface area contributed by atoms with E-state index in [1.807, 2.05) is 17.8 Å². The van der Waals surface area contributed by atoms with Gasteiger partial charge in [-0.2, -0.15) is 11.8 Å². The zero-order valence-corrected chi connectivity index (χ0v) is 13.3. The summed E-state index contributed by atoms with van der Waals surface area (Å²) in [7, 11) is 0. The fraction of sp³-hybridized carbons (Fsp3) is 0.625. The van der Waals surface area contributed by atoms with E-state index in [2.05, 4.69) is 32.3 Å². The summed E-state index contributed by atoms with van der Waals surface area (Å²) < 4.78 is 13.6. The van der Waals surface area contributed by atoms with Crippen molar-refractivity contribution >= 4 is 11.8 Å². The standard InChI is InChI=1S/C16H26FNS/c1-5-15(13-9-8-10-14(17)11-13)18-12-16(6-2,7-3)19-4/h8-11,15,18H,5-7,12H2,1-4H3. The first-order valence-electron chi connectivity index (χ1n) is 7.14. The van der Waals surface area contributed by atoms with Gasteiger partial charge in [-0.15, -0.1) is 0 Å². The van der Waals surface area contributed by atoms with Crippen LogP contribution in [0.3, 0.4) is 0 Å². The highest BCUT2D eigenvalue weighted by molar-refractivity contribution is 8.00. The number of hydrogen-bond donors (Lipinski definition) is 1. The molecule has 0 saturated heterocycles. The van der Waals surface area contributed by atoms with Crippen LogP contribution in [0.25, 0.3) is 0 Å². The highest BCUT2D eigenvalue weighted by Gasteiger charge is 2.25. The van der Waals surface area contributed by atoms with Gasteiger partial charge >= 0.3 is 0 Å². The second-order valence-corrected chi connectivity index (χ2v) is 6.27. The van der Waals surface area contributed by atoms with Gasteiger partial charge in [-0.3, -0.25) is 0 Å². The van der Waals surface area contributed by atoms with Crippen molar-refractivity contribution in [2.75, 3.05) is 12.8 Å². The van der Waals surface area contributed by atoms with Crippen LogP contribution >= 0.6 is 11.8 Å². The summed E-state index contributed by atoms with van der Waals surface area (Å²) in [4.78, 5) is 0. The zero-order valence-electron chi connectivity index (χ0n) is 12.5. The lowest BCUT2D eigenvalue weighted by atomic mass is 9.99. The number of thioether (sulfide) groups is 1. The lowest BCUT2D eigenvalue weighted by molar-refractivity contribution is 0.437. The van der Waals surface area contributed by atoms with Gasteiger partial charge in [-0.05, 0) is 43.2 Å². The smallest absolute Gasteiger partial charge is 0.123 e. The first-order chi connectivity index (χ1) is 9.10. The van der Waals surface area contributed by atoms with E-state index in [9.17, 15) is 4.39 Å². The van der Waals surface area contributed by atoms with Crippen LogP contribution in [0.4, 0.5) is 4.39 Å². The third kappa shape index (κ3) is 4.50. The van der Waals surface area contributed by atoms with Crippen LogP contribution in [-0.4, -0.2) is 17.5 Å². The van der Waals surface area contributed by atoms with Crippen LogP contribution in [0.15, 0.2) is 24.3 Å². The number of halogens is 1. The summed E-state index contributed by atoms with van der Waals surface area (Å²) in [6, 6.07) is 7.17. The fourth-order valence-electron chi connectivity index (χ4n) is 2.39. The minimum absolute atomic E-state index is 0.153. The van der Waals surface area contributed by atoms with Crippen LogP contribution in [0.2, 0.25) is 0 Å². The summed E-state index contributed by atoms with van der Waals surface area (Å²) in [5.74, 6) is -0.153. The lowest BCUT2D eigenvalue weighted by Gasteiger charge is -2.32. The van der Waals surface area contributed by atoms with Crippen LogP contribution in [0, 0.1) is 5.82 Å². The van der Waals surface area contributed by atoms with Gasteiger partial charge < -0.3 is 5.32 Å². The molecule has 19 heavy (non-hydrogen) atoms. The molecule has 0 radical (unpaired) electrons. The molecule has 1 unspecified atom stereocenters. The molecule has 0 aliphatic heterocycles. The van der Waals surface area contributed by atoms with Gasteiger partial charge in [0.1, 0.15) is 5.82 Å². The predicted octanol–water partition coefficient (Wildman–Crippen LogP) is 4.79. The van der Waals surface area contributed by atoms with E-state index in [-0.39, 0.29) is 11.9 Å². The molecule has 0 heterocycles. The molecule has 0 aliphatic carbocycles. The van der Waals surface area contributed by atoms with Crippen molar-refractivity contribution in [1.82, 2.24) is 5.32 Å². The SMILES string of the molecule is CCC(NCC(CC)(CC)SC)c1cccc(F)c1. The largest absolute Gasteiger partial charge is 0.309 e. The molecular formula is C16H26FNS. The van der Waals surface area contributed by atoms with E-state index in [1.54, 1.807) is 12.1 Å². The first-order valence-corrected chi connectivity index (χ1v) is 8.37. The van der Waals surface area contributed by atoms with Crippen molar-refractivity contribution in [3.63, 3.8) is 0 Å². The maximum absolute atomic E-state index is 13.3. The van der Waals surface area contributed by atoms with Crippen LogP contribution in [0.5, 0.6) is 0 Å². The minimum Gasteiger partial charge on any atom is -0.309 e. The van der Waals surface area contributed by atoms with E-state index in [4.69, 9.17) is 0 Å². The molecule has 0 amide bonds. The zero-order chi connectivity index (χ0) is 14.3. The van der Waals surface area contributed by atoms with E-state index in [0.717, 1.165) is 31.4 Å². The molecule has 0 bridgehead atoms. The molecule has 0 aromatic heterocycles. The van der Waals surface area contributed by atoms with Gasteiger partial charge in [0.05, 0.1) is 0 Å². The van der Waals surface area contributed by atoms with Crippen molar-refractivity contribution in [2.45, 2.75) is 50.8 Å². The van der Waals surface area contributed by atoms with Gasteiger partial charge in [-0.1, -0.05) is 32.9 Å². The Morgan fingerprint density at radius 3 is 2.42 bits per heavy atom. The molecule has 1 aromatic carbocycles. The molecule has 0 fully saturated rings. The molecule has 0 spiro atoms. The third-order valence-corrected chi connectivity index (χ3v) is 5.64. The summed E-state index contributed by atoms with van der Waals surface area (Å²) in [5, 5.41) is 3.62. The average molecular weight is 283 g/mol. The van der Waals surface area contributed by atoms with Crippen molar-refractivity contribution in [2.24, 2.45) is 0 Å². The highest BCUT2D eigenvalue weighted by atomic mass is 32.2. The molecule has 1 atom stereocenters. The van der Waals surface area contributed by atoms with E-state index in [1.165, 1.54) is 6.07 Å². The minimum atomic E-state index is -0.153. The normalized spacial score (nSPS) is 13.5. The molecule has 1 nitrogen and oxygen atoms in total. The maximum Gasteiger partial charge on any atom is 0.123 e. The second-order valence-electron chi connectivity index (χ2n) is 4.99. The van der Waals surface area contributed by atoms with Crippen molar-refractivity contribution in [3.05, 3.63) is 35.6 Å². The Balaban J connectivity index is 2.72. The molecule has 1 aromatic rings. The topological polar surface area (TPSA) is 12.0 Å². The average Bonchev–Trinajstić information content (AvgIpc) is 2.44. The van der Waals surface area contributed by atoms with Gasteiger partial charge in [0, 0.05) is 17.3 Å². The third-order valence-electron chi connectivity index (χ3n) is 4.05. The Morgan fingerprint density at radius 2 is 1.95 bits per heavy atom. The molecule has 108 valence electrons. The van der Waals surface area contributed by atoms with Crippen molar-refractivity contribution < 1.29 is 4.39 Å². The van der Waals surface area contributed by atoms with Gasteiger partial charge in [0.15, 0.2) is 0 Å². The van der Waals surface area contributed by atoms with Crippen molar-refractivity contribution in [3.8, 4) is 0 Å². The number of rotatable bonds is 8. The Kier molecular flexibility index (Phi) is 6.87. The number of hydrogen-bond acceptors (Lipinski definition) is 2. The van der Waals surface area contributed by atoms with Gasteiger partial charge in [-0.25, -0.2) is 4.39 Å². The van der Waals surface area contributed by atoms with Gasteiger partial charge in [0.2, 0.25) is 0 Å². The summed E-state index contributed by atoms with van der Waals surface area (Å²) >= 11 is 1.93. The van der Waals surface area contributed by atoms with E-state index >= 15 is 0 Å². The predicted molar refractivity (Wildman–Crippen MR) is 84.3 cm³/mol. The Hall–Kier alpha value is -0.540. The summed E-state index contributed by atoms with van der Waals surface area (Å²) in [6.07, 6.45) is 5.45. The number of nitrogens with one attached hydrogen (secondary N) is 1. The monoisotopic (exact) mass is 283 g/mol. The second kappa shape index (κ2) is 7.91. The van der Waals surface area contributed by atoms with E-state index in [0.29, 0.717) is 4.75 Å². The van der Waals surface area contributed by atoms with Gasteiger partial charge in [0.25, 0.3) is 0 Å². The highest BCUT2D eigenvalue weighted by Crippen LogP contribution is 2.30. The Bertz CT molecular complexity index is 369. The van der Waals surface area contributed by atoms with Crippen molar-refractivity contribution in [1.29, 1.82) is 0 Å². The lowest BCUT2D eigenvalue weighted by Crippen LogP contribution is -2.38. The quantitative estimate of drug-likeness (QED) is 0.736. The Morgan fingerprint density at radius 1 is 1.26 bits per heavy atom. The van der Waals surface area contributed by atoms with Crippen LogP contribution in [-0.2, 0) is 0 Å². The van der Waals surface area contributed by atoms with Crippen LogP contribution < -0.4 is 5.32 Å². The van der Waals surface area contributed by atoms with Crippen LogP contribution in [0.1, 0.15) is 51.6 Å². The molecule has 3 heteroatoms. The molecular weight excluding hydrogens is 257 g/mol. The summed E-state index contributed by atoms with van der Waals surface area (Å²) in [6.45, 7) is 7.59. The molecule has 1 N–H and O–H groups in total. The summed E-state index contributed by atoms with van der Waals surface area (Å²) in [5.41, 5.74) is 1.05. The Labute approximate surface area is 121 Å². The molecule has 0 saturated carbocycles. The number of benzene rings is 1. The molecule has 0 aliphatic rings. The molecule has 1 rings (SSSR count). The maximum atomic E-state index is 13.3.